The molecule has 3 heterocycles. The SMILES string of the molecule is CC[C@H]1C2CCCCN3CC[C@@H]([C@H]4[C@@H]1OC(=O)[C@@H]4C)[C@H]23. The third-order valence-electron chi connectivity index (χ3n) is 6.80. The van der Waals surface area contributed by atoms with Crippen LogP contribution in [0, 0.1) is 29.6 Å². The fourth-order valence-electron chi connectivity index (χ4n) is 6.04. The van der Waals surface area contributed by atoms with E-state index in [0.717, 1.165) is 12.0 Å². The lowest BCUT2D eigenvalue weighted by Gasteiger charge is -2.48. The first kappa shape index (κ1) is 13.1. The molecule has 0 bridgehead atoms. The Kier molecular flexibility index (Phi) is 3.10. The summed E-state index contributed by atoms with van der Waals surface area (Å²) in [5.74, 6) is 2.80. The summed E-state index contributed by atoms with van der Waals surface area (Å²) in [5.41, 5.74) is 0. The number of carbonyl (C=O) groups excluding carboxylic acids is 1. The van der Waals surface area contributed by atoms with Crippen molar-refractivity contribution < 1.29 is 9.53 Å². The van der Waals surface area contributed by atoms with Gasteiger partial charge in [-0.05, 0) is 50.6 Å². The van der Waals surface area contributed by atoms with Crippen LogP contribution in [0.5, 0.6) is 0 Å². The monoisotopic (exact) mass is 277 g/mol. The van der Waals surface area contributed by atoms with Crippen molar-refractivity contribution in [2.24, 2.45) is 29.6 Å². The maximum Gasteiger partial charge on any atom is 0.309 e. The van der Waals surface area contributed by atoms with Crippen molar-refractivity contribution in [3.8, 4) is 0 Å². The van der Waals surface area contributed by atoms with Crippen molar-refractivity contribution in [1.29, 1.82) is 0 Å². The number of rotatable bonds is 1. The summed E-state index contributed by atoms with van der Waals surface area (Å²) < 4.78 is 5.86. The van der Waals surface area contributed by atoms with Crippen molar-refractivity contribution in [1.82, 2.24) is 4.90 Å². The minimum atomic E-state index is 0.0772. The summed E-state index contributed by atoms with van der Waals surface area (Å²) in [4.78, 5) is 14.9. The van der Waals surface area contributed by atoms with Crippen molar-refractivity contribution in [3.05, 3.63) is 0 Å². The highest BCUT2D eigenvalue weighted by atomic mass is 16.6. The van der Waals surface area contributed by atoms with Gasteiger partial charge in [-0.1, -0.05) is 20.3 Å². The van der Waals surface area contributed by atoms with Gasteiger partial charge in [0, 0.05) is 17.9 Å². The van der Waals surface area contributed by atoms with Crippen molar-refractivity contribution in [2.45, 2.75) is 58.1 Å². The van der Waals surface area contributed by atoms with Gasteiger partial charge in [0.15, 0.2) is 0 Å². The smallest absolute Gasteiger partial charge is 0.309 e. The van der Waals surface area contributed by atoms with E-state index >= 15 is 0 Å². The number of hydrogen-bond acceptors (Lipinski definition) is 3. The van der Waals surface area contributed by atoms with E-state index in [9.17, 15) is 4.79 Å². The Bertz CT molecular complexity index is 410. The Labute approximate surface area is 122 Å². The predicted octanol–water partition coefficient (Wildman–Crippen LogP) is 2.69. The average molecular weight is 277 g/mol. The normalized spacial score (nSPS) is 51.3. The molecule has 4 aliphatic rings. The number of nitrogens with zero attached hydrogens (tertiary/aromatic N) is 1. The minimum absolute atomic E-state index is 0.0772. The van der Waals surface area contributed by atoms with Gasteiger partial charge in [-0.2, -0.15) is 0 Å². The third kappa shape index (κ3) is 1.65. The van der Waals surface area contributed by atoms with Gasteiger partial charge in [0.1, 0.15) is 6.10 Å². The second-order valence-corrected chi connectivity index (χ2v) is 7.48. The fraction of sp³-hybridized carbons (Fsp3) is 0.941. The molecule has 0 spiro atoms. The highest BCUT2D eigenvalue weighted by molar-refractivity contribution is 5.75. The third-order valence-corrected chi connectivity index (χ3v) is 6.80. The van der Waals surface area contributed by atoms with E-state index in [1.807, 2.05) is 0 Å². The van der Waals surface area contributed by atoms with Crippen LogP contribution < -0.4 is 0 Å². The summed E-state index contributed by atoms with van der Waals surface area (Å²) in [6.45, 7) is 6.95. The van der Waals surface area contributed by atoms with Crippen LogP contribution in [-0.2, 0) is 9.53 Å². The Balaban J connectivity index is 1.74. The van der Waals surface area contributed by atoms with Crippen LogP contribution >= 0.6 is 0 Å². The second kappa shape index (κ2) is 4.72. The highest BCUT2D eigenvalue weighted by Gasteiger charge is 2.60. The van der Waals surface area contributed by atoms with E-state index in [1.54, 1.807) is 0 Å². The number of ether oxygens (including phenoxy) is 1. The lowest BCUT2D eigenvalue weighted by molar-refractivity contribution is -0.148. The summed E-state index contributed by atoms with van der Waals surface area (Å²) in [6.07, 6.45) is 6.77. The lowest BCUT2D eigenvalue weighted by Crippen LogP contribution is -2.53. The van der Waals surface area contributed by atoms with Gasteiger partial charge in [-0.25, -0.2) is 0 Å². The minimum Gasteiger partial charge on any atom is -0.462 e. The zero-order chi connectivity index (χ0) is 13.9. The van der Waals surface area contributed by atoms with Crippen molar-refractivity contribution in [2.75, 3.05) is 13.1 Å². The Morgan fingerprint density at radius 3 is 2.85 bits per heavy atom. The molecule has 0 aromatic rings. The van der Waals surface area contributed by atoms with Crippen LogP contribution in [0.4, 0.5) is 0 Å². The summed E-state index contributed by atoms with van der Waals surface area (Å²) >= 11 is 0. The molecule has 7 atom stereocenters. The lowest BCUT2D eigenvalue weighted by atomic mass is 9.60. The molecule has 3 nitrogen and oxygen atoms in total. The molecule has 20 heavy (non-hydrogen) atoms. The molecular formula is C17H27NO2. The van der Waals surface area contributed by atoms with Crippen LogP contribution in [0.2, 0.25) is 0 Å². The van der Waals surface area contributed by atoms with Gasteiger partial charge in [0.05, 0.1) is 5.92 Å². The summed E-state index contributed by atoms with van der Waals surface area (Å²) in [7, 11) is 0. The van der Waals surface area contributed by atoms with E-state index in [-0.39, 0.29) is 18.0 Å². The highest BCUT2D eigenvalue weighted by Crippen LogP contribution is 2.55. The van der Waals surface area contributed by atoms with E-state index in [0.29, 0.717) is 17.8 Å². The maximum absolute atomic E-state index is 12.1. The average Bonchev–Trinajstić information content (AvgIpc) is 2.89. The van der Waals surface area contributed by atoms with Gasteiger partial charge in [0.2, 0.25) is 0 Å². The molecular weight excluding hydrogens is 250 g/mol. The fourth-order valence-corrected chi connectivity index (χ4v) is 6.04. The largest absolute Gasteiger partial charge is 0.462 e. The van der Waals surface area contributed by atoms with E-state index in [2.05, 4.69) is 18.7 Å². The van der Waals surface area contributed by atoms with Gasteiger partial charge in [-0.3, -0.25) is 9.69 Å². The summed E-state index contributed by atoms with van der Waals surface area (Å²) in [6, 6.07) is 0.751. The first-order valence-electron chi connectivity index (χ1n) is 8.67. The molecule has 0 amide bonds. The zero-order valence-electron chi connectivity index (χ0n) is 12.8. The molecule has 0 aromatic carbocycles. The van der Waals surface area contributed by atoms with Crippen LogP contribution in [-0.4, -0.2) is 36.1 Å². The number of hydrogen-bond donors (Lipinski definition) is 0. The molecule has 0 radical (unpaired) electrons. The topological polar surface area (TPSA) is 29.5 Å². The molecule has 1 saturated carbocycles. The van der Waals surface area contributed by atoms with E-state index < -0.39 is 0 Å². The van der Waals surface area contributed by atoms with E-state index in [4.69, 9.17) is 4.74 Å². The van der Waals surface area contributed by atoms with Gasteiger partial charge >= 0.3 is 5.97 Å². The maximum atomic E-state index is 12.1. The molecule has 112 valence electrons. The molecule has 4 rings (SSSR count). The van der Waals surface area contributed by atoms with Crippen LogP contribution in [0.1, 0.15) is 46.0 Å². The first-order chi connectivity index (χ1) is 9.72. The second-order valence-electron chi connectivity index (χ2n) is 7.48. The van der Waals surface area contributed by atoms with Gasteiger partial charge < -0.3 is 4.74 Å². The quantitative estimate of drug-likeness (QED) is 0.690. The molecule has 1 unspecified atom stereocenters. The van der Waals surface area contributed by atoms with Gasteiger partial charge in [-0.15, -0.1) is 0 Å². The molecule has 3 aliphatic heterocycles. The number of fused-ring (bicyclic) bond motifs is 2. The first-order valence-corrected chi connectivity index (χ1v) is 8.67. The Morgan fingerprint density at radius 2 is 2.05 bits per heavy atom. The summed E-state index contributed by atoms with van der Waals surface area (Å²) in [5, 5.41) is 0. The van der Waals surface area contributed by atoms with Crippen LogP contribution in [0.15, 0.2) is 0 Å². The molecule has 3 saturated heterocycles. The molecule has 1 aliphatic carbocycles. The van der Waals surface area contributed by atoms with Gasteiger partial charge in [0.25, 0.3) is 0 Å². The standard InChI is InChI=1S/C17H27NO2/c1-3-11-12-6-4-5-8-18-9-7-13(15(12)18)14-10(2)17(19)20-16(11)14/h10-16H,3-9H2,1-2H3/t10-,11+,12?,13+,14+,15+,16-/m1/s1. The van der Waals surface area contributed by atoms with E-state index in [1.165, 1.54) is 45.2 Å². The van der Waals surface area contributed by atoms with Crippen molar-refractivity contribution in [3.63, 3.8) is 0 Å². The molecule has 4 fully saturated rings. The molecule has 0 aromatic heterocycles. The number of carbonyl (C=O) groups is 1. The zero-order valence-corrected chi connectivity index (χ0v) is 12.8. The predicted molar refractivity (Wildman–Crippen MR) is 77.1 cm³/mol. The molecule has 3 heteroatoms. The van der Waals surface area contributed by atoms with Crippen LogP contribution in [0.25, 0.3) is 0 Å². The Morgan fingerprint density at radius 1 is 1.20 bits per heavy atom. The van der Waals surface area contributed by atoms with Crippen LogP contribution in [0.3, 0.4) is 0 Å². The Hall–Kier alpha value is -0.570. The molecule has 0 N–H and O–H groups in total. The number of esters is 1. The van der Waals surface area contributed by atoms with Crippen molar-refractivity contribution >= 4 is 5.97 Å².